The average Bonchev–Trinajstić information content (AvgIpc) is 3.14. The largest absolute Gasteiger partial charge is 0.490 e. The van der Waals surface area contributed by atoms with E-state index in [9.17, 15) is 4.79 Å². The van der Waals surface area contributed by atoms with Gasteiger partial charge in [0, 0.05) is 11.6 Å². The number of rotatable bonds is 5. The Labute approximate surface area is 163 Å². The molecule has 1 atom stereocenters. The van der Waals surface area contributed by atoms with Gasteiger partial charge in [-0.15, -0.1) is 0 Å². The average molecular weight is 368 g/mol. The zero-order valence-corrected chi connectivity index (χ0v) is 16.6. The van der Waals surface area contributed by atoms with Crippen LogP contribution in [0.15, 0.2) is 24.3 Å². The van der Waals surface area contributed by atoms with Gasteiger partial charge in [-0.1, -0.05) is 0 Å². The van der Waals surface area contributed by atoms with Crippen molar-refractivity contribution < 1.29 is 9.53 Å². The minimum Gasteiger partial charge on any atom is -0.490 e. The number of benzene rings is 1. The first-order valence-electron chi connectivity index (χ1n) is 11.2. The van der Waals surface area contributed by atoms with E-state index >= 15 is 0 Å². The fourth-order valence-electron chi connectivity index (χ4n) is 7.02. The van der Waals surface area contributed by atoms with Gasteiger partial charge >= 0.3 is 0 Å². The molecule has 0 heterocycles. The third kappa shape index (κ3) is 3.39. The van der Waals surface area contributed by atoms with Crippen LogP contribution >= 0.6 is 0 Å². The normalized spacial score (nSPS) is 36.0. The summed E-state index contributed by atoms with van der Waals surface area (Å²) in [5, 5.41) is 3.37. The molecule has 5 fully saturated rings. The molecule has 5 aliphatic rings. The van der Waals surface area contributed by atoms with E-state index in [1.165, 1.54) is 51.4 Å². The number of carbonyl (C=O) groups is 1. The molecule has 1 amide bonds. The van der Waals surface area contributed by atoms with E-state index in [2.05, 4.69) is 12.2 Å². The van der Waals surface area contributed by atoms with Crippen LogP contribution in [0.2, 0.25) is 0 Å². The Morgan fingerprint density at radius 3 is 2.11 bits per heavy atom. The van der Waals surface area contributed by atoms with Gasteiger partial charge < -0.3 is 10.1 Å². The highest BCUT2D eigenvalue weighted by molar-refractivity contribution is 5.94. The van der Waals surface area contributed by atoms with Crippen molar-refractivity contribution in [1.29, 1.82) is 0 Å². The fraction of sp³-hybridized carbons (Fsp3) is 0.708. The number of carbonyl (C=O) groups excluding carboxylic acids is 1. The van der Waals surface area contributed by atoms with Crippen LogP contribution in [-0.4, -0.2) is 18.1 Å². The quantitative estimate of drug-likeness (QED) is 0.762. The van der Waals surface area contributed by atoms with Crippen molar-refractivity contribution in [3.63, 3.8) is 0 Å². The first-order valence-corrected chi connectivity index (χ1v) is 11.2. The number of hydrogen-bond acceptors (Lipinski definition) is 2. The minimum absolute atomic E-state index is 0.0747. The smallest absolute Gasteiger partial charge is 0.251 e. The van der Waals surface area contributed by atoms with Crippen molar-refractivity contribution in [2.45, 2.75) is 83.3 Å². The Balaban J connectivity index is 1.22. The van der Waals surface area contributed by atoms with Crippen LogP contribution in [0.5, 0.6) is 5.75 Å². The van der Waals surface area contributed by atoms with Crippen molar-refractivity contribution in [2.24, 2.45) is 23.2 Å². The maximum Gasteiger partial charge on any atom is 0.251 e. The van der Waals surface area contributed by atoms with E-state index in [-0.39, 0.29) is 11.9 Å². The molecule has 1 N–H and O–H groups in total. The summed E-state index contributed by atoms with van der Waals surface area (Å²) in [6.45, 7) is 2.25. The van der Waals surface area contributed by atoms with Crippen LogP contribution in [0, 0.1) is 23.2 Å². The lowest BCUT2D eigenvalue weighted by Crippen LogP contribution is -2.55. The molecular formula is C24H33NO2. The molecule has 1 aromatic carbocycles. The highest BCUT2D eigenvalue weighted by atomic mass is 16.5. The predicted molar refractivity (Wildman–Crippen MR) is 107 cm³/mol. The second-order valence-electron chi connectivity index (χ2n) is 10.0. The van der Waals surface area contributed by atoms with Crippen molar-refractivity contribution in [2.75, 3.05) is 0 Å². The molecule has 4 bridgehead atoms. The second kappa shape index (κ2) is 6.83. The van der Waals surface area contributed by atoms with Gasteiger partial charge in [0.1, 0.15) is 5.75 Å². The summed E-state index contributed by atoms with van der Waals surface area (Å²) in [7, 11) is 0. The molecule has 3 nitrogen and oxygen atoms in total. The molecule has 5 saturated carbocycles. The van der Waals surface area contributed by atoms with E-state index in [0.717, 1.165) is 41.9 Å². The molecule has 0 aromatic heterocycles. The van der Waals surface area contributed by atoms with Gasteiger partial charge in [0.25, 0.3) is 5.91 Å². The summed E-state index contributed by atoms with van der Waals surface area (Å²) in [6, 6.07) is 8.04. The predicted octanol–water partition coefficient (Wildman–Crippen LogP) is 5.34. The van der Waals surface area contributed by atoms with Gasteiger partial charge in [-0.05, 0) is 119 Å². The number of amides is 1. The maximum absolute atomic E-state index is 12.9. The molecule has 0 radical (unpaired) electrons. The van der Waals surface area contributed by atoms with Crippen LogP contribution in [0.4, 0.5) is 0 Å². The SMILES string of the molecule is C[C@H](NC(=O)c1ccc(OC2CCCC2)cc1)C12CC3CC(CC(C3)C1)C2. The summed E-state index contributed by atoms with van der Waals surface area (Å²) in [6.07, 6.45) is 13.5. The van der Waals surface area contributed by atoms with Crippen molar-refractivity contribution in [3.8, 4) is 5.75 Å². The van der Waals surface area contributed by atoms with Gasteiger partial charge in [-0.25, -0.2) is 0 Å². The van der Waals surface area contributed by atoms with Gasteiger partial charge in [-0.3, -0.25) is 4.79 Å². The van der Waals surface area contributed by atoms with Crippen LogP contribution < -0.4 is 10.1 Å². The van der Waals surface area contributed by atoms with Crippen LogP contribution in [0.25, 0.3) is 0 Å². The third-order valence-corrected chi connectivity index (χ3v) is 8.07. The van der Waals surface area contributed by atoms with Crippen molar-refractivity contribution >= 4 is 5.91 Å². The summed E-state index contributed by atoms with van der Waals surface area (Å²) in [4.78, 5) is 12.9. The fourth-order valence-corrected chi connectivity index (χ4v) is 7.02. The highest BCUT2D eigenvalue weighted by Gasteiger charge is 2.53. The Kier molecular flexibility index (Phi) is 4.44. The molecule has 3 heteroatoms. The third-order valence-electron chi connectivity index (χ3n) is 8.07. The van der Waals surface area contributed by atoms with Gasteiger partial charge in [0.15, 0.2) is 0 Å². The van der Waals surface area contributed by atoms with E-state index < -0.39 is 0 Å². The number of nitrogens with one attached hydrogen (secondary N) is 1. The summed E-state index contributed by atoms with van der Waals surface area (Å²) >= 11 is 0. The summed E-state index contributed by atoms with van der Waals surface area (Å²) in [5.41, 5.74) is 1.11. The second-order valence-corrected chi connectivity index (χ2v) is 10.0. The van der Waals surface area contributed by atoms with Crippen molar-refractivity contribution in [1.82, 2.24) is 5.32 Å². The minimum atomic E-state index is 0.0747. The first-order chi connectivity index (χ1) is 13.1. The molecule has 5 aliphatic carbocycles. The Hall–Kier alpha value is -1.51. The first kappa shape index (κ1) is 17.6. The summed E-state index contributed by atoms with van der Waals surface area (Å²) in [5.74, 6) is 3.73. The number of hydrogen-bond donors (Lipinski definition) is 1. The zero-order valence-electron chi connectivity index (χ0n) is 16.6. The molecule has 27 heavy (non-hydrogen) atoms. The number of ether oxygens (including phenoxy) is 1. The monoisotopic (exact) mass is 367 g/mol. The molecule has 146 valence electrons. The van der Waals surface area contributed by atoms with Crippen LogP contribution in [-0.2, 0) is 0 Å². The zero-order chi connectivity index (χ0) is 18.4. The van der Waals surface area contributed by atoms with Gasteiger partial charge in [0.05, 0.1) is 6.10 Å². The van der Waals surface area contributed by atoms with E-state index in [4.69, 9.17) is 4.74 Å². The Morgan fingerprint density at radius 2 is 1.56 bits per heavy atom. The topological polar surface area (TPSA) is 38.3 Å². The Morgan fingerprint density at radius 1 is 1.00 bits per heavy atom. The highest BCUT2D eigenvalue weighted by Crippen LogP contribution is 2.61. The van der Waals surface area contributed by atoms with E-state index in [1.807, 2.05) is 24.3 Å². The molecular weight excluding hydrogens is 334 g/mol. The van der Waals surface area contributed by atoms with Crippen LogP contribution in [0.1, 0.15) is 81.5 Å². The molecule has 0 spiro atoms. The summed E-state index contributed by atoms with van der Waals surface area (Å²) < 4.78 is 6.02. The lowest BCUT2D eigenvalue weighted by atomic mass is 9.48. The molecule has 0 unspecified atom stereocenters. The molecule has 0 saturated heterocycles. The Bertz CT molecular complexity index is 654. The van der Waals surface area contributed by atoms with E-state index in [0.29, 0.717) is 11.5 Å². The molecule has 0 aliphatic heterocycles. The standard InChI is InChI=1S/C24H33NO2/c1-16(24-13-17-10-18(14-24)12-19(11-17)15-24)25-23(26)20-6-8-22(9-7-20)27-21-4-2-3-5-21/h6-9,16-19,21H,2-5,10-15H2,1H3,(H,25,26)/t16-,17?,18?,19?,24?/m0/s1. The maximum atomic E-state index is 12.9. The van der Waals surface area contributed by atoms with Gasteiger partial charge in [-0.2, -0.15) is 0 Å². The molecule has 6 rings (SSSR count). The van der Waals surface area contributed by atoms with Crippen molar-refractivity contribution in [3.05, 3.63) is 29.8 Å². The lowest BCUT2D eigenvalue weighted by Gasteiger charge is -2.59. The van der Waals surface area contributed by atoms with Gasteiger partial charge in [0.2, 0.25) is 0 Å². The van der Waals surface area contributed by atoms with E-state index in [1.54, 1.807) is 0 Å². The molecule has 1 aromatic rings. The lowest BCUT2D eigenvalue weighted by molar-refractivity contribution is -0.0688. The van der Waals surface area contributed by atoms with Crippen LogP contribution in [0.3, 0.4) is 0 Å².